The number of pyridine rings is 1. The first-order valence-electron chi connectivity index (χ1n) is 5.91. The largest absolute Gasteiger partial charge is 0.377 e. The van der Waals surface area contributed by atoms with Gasteiger partial charge in [-0.2, -0.15) is 9.94 Å². The van der Waals surface area contributed by atoms with E-state index in [0.717, 1.165) is 10.6 Å². The first-order chi connectivity index (χ1) is 10.3. The summed E-state index contributed by atoms with van der Waals surface area (Å²) < 4.78 is 6.51. The van der Waals surface area contributed by atoms with Crippen LogP contribution in [0.2, 0.25) is 0 Å². The first kappa shape index (κ1) is 13.3. The third kappa shape index (κ3) is 2.49. The van der Waals surface area contributed by atoms with E-state index in [4.69, 9.17) is 4.74 Å². The van der Waals surface area contributed by atoms with Crippen LogP contribution in [0.5, 0.6) is 0 Å². The highest BCUT2D eigenvalue weighted by Crippen LogP contribution is 2.25. The summed E-state index contributed by atoms with van der Waals surface area (Å²) in [6.45, 7) is 0.375. The molecule has 9 heteroatoms. The summed E-state index contributed by atoms with van der Waals surface area (Å²) in [7, 11) is 1.59. The molecule has 3 aromatic heterocycles. The number of rotatable bonds is 4. The maximum atomic E-state index is 9.19. The van der Waals surface area contributed by atoms with Crippen molar-refractivity contribution in [1.29, 1.82) is 5.26 Å². The van der Waals surface area contributed by atoms with Crippen LogP contribution >= 0.6 is 11.3 Å². The second kappa shape index (κ2) is 5.74. The van der Waals surface area contributed by atoms with Crippen molar-refractivity contribution >= 4 is 11.3 Å². The fraction of sp³-hybridized carbons (Fsp3) is 0.167. The fourth-order valence-electron chi connectivity index (χ4n) is 1.77. The summed E-state index contributed by atoms with van der Waals surface area (Å²) in [5, 5.41) is 26.4. The van der Waals surface area contributed by atoms with Gasteiger partial charge in [-0.05, 0) is 12.1 Å². The van der Waals surface area contributed by atoms with Gasteiger partial charge in [-0.1, -0.05) is 16.6 Å². The summed E-state index contributed by atoms with van der Waals surface area (Å²) in [4.78, 5) is 4.05. The number of ether oxygens (including phenoxy) is 1. The van der Waals surface area contributed by atoms with E-state index in [2.05, 4.69) is 25.5 Å². The van der Waals surface area contributed by atoms with Crippen molar-refractivity contribution < 1.29 is 4.74 Å². The molecule has 0 saturated carbocycles. The Bertz CT molecular complexity index is 790. The topological polar surface area (TPSA) is 102 Å². The maximum absolute atomic E-state index is 9.19. The maximum Gasteiger partial charge on any atom is 0.234 e. The van der Waals surface area contributed by atoms with Crippen LogP contribution in [0.25, 0.3) is 16.4 Å². The molecule has 21 heavy (non-hydrogen) atoms. The minimum Gasteiger partial charge on any atom is -0.377 e. The van der Waals surface area contributed by atoms with E-state index in [1.54, 1.807) is 25.6 Å². The Kier molecular flexibility index (Phi) is 3.63. The molecule has 8 nitrogen and oxygen atoms in total. The van der Waals surface area contributed by atoms with E-state index in [9.17, 15) is 5.26 Å². The summed E-state index contributed by atoms with van der Waals surface area (Å²) in [5.74, 6) is 0. The molecule has 0 spiro atoms. The quantitative estimate of drug-likeness (QED) is 0.713. The van der Waals surface area contributed by atoms with E-state index < -0.39 is 0 Å². The number of hydrogen-bond donors (Lipinski definition) is 0. The highest BCUT2D eigenvalue weighted by molar-refractivity contribution is 7.13. The van der Waals surface area contributed by atoms with Gasteiger partial charge in [0.1, 0.15) is 23.4 Å². The molecule has 0 unspecified atom stereocenters. The van der Waals surface area contributed by atoms with E-state index in [-0.39, 0.29) is 5.69 Å². The molecule has 0 aliphatic carbocycles. The second-order valence-corrected chi connectivity index (χ2v) is 5.00. The normalized spacial score (nSPS) is 10.5. The van der Waals surface area contributed by atoms with Crippen molar-refractivity contribution in [2.75, 3.05) is 7.11 Å². The Morgan fingerprint density at radius 3 is 3.00 bits per heavy atom. The lowest BCUT2D eigenvalue weighted by Gasteiger charge is -2.01. The van der Waals surface area contributed by atoms with Gasteiger partial charge in [0, 0.05) is 25.1 Å². The van der Waals surface area contributed by atoms with Crippen LogP contribution in [0.15, 0.2) is 24.5 Å². The van der Waals surface area contributed by atoms with E-state index in [1.165, 1.54) is 16.0 Å². The van der Waals surface area contributed by atoms with Gasteiger partial charge in [0.2, 0.25) is 5.13 Å². The third-order valence-corrected chi connectivity index (χ3v) is 3.49. The molecule has 104 valence electrons. The molecule has 0 amide bonds. The Balaban J connectivity index is 2.11. The zero-order chi connectivity index (χ0) is 14.7. The first-order valence-corrected chi connectivity index (χ1v) is 6.73. The molecule has 3 rings (SSSR count). The fourth-order valence-corrected chi connectivity index (χ4v) is 2.53. The Morgan fingerprint density at radius 1 is 1.38 bits per heavy atom. The van der Waals surface area contributed by atoms with E-state index >= 15 is 0 Å². The molecule has 0 aromatic carbocycles. The SMILES string of the molecule is COCc1nnc(-n2nnc(C#N)c2-c2cccnc2)s1. The summed E-state index contributed by atoms with van der Waals surface area (Å²) >= 11 is 1.33. The van der Waals surface area contributed by atoms with Gasteiger partial charge in [0.05, 0.1) is 0 Å². The molecular formula is C12H9N7OS. The summed E-state index contributed by atoms with van der Waals surface area (Å²) in [6.07, 6.45) is 3.30. The van der Waals surface area contributed by atoms with Crippen LogP contribution in [0.1, 0.15) is 10.7 Å². The van der Waals surface area contributed by atoms with Crippen LogP contribution in [-0.2, 0) is 11.3 Å². The number of nitrogens with zero attached hydrogens (tertiary/aromatic N) is 7. The van der Waals surface area contributed by atoms with Gasteiger partial charge in [-0.15, -0.1) is 15.3 Å². The zero-order valence-electron chi connectivity index (χ0n) is 11.0. The molecule has 0 aliphatic heterocycles. The monoisotopic (exact) mass is 299 g/mol. The van der Waals surface area contributed by atoms with Gasteiger partial charge in [-0.25, -0.2) is 0 Å². The van der Waals surface area contributed by atoms with Crippen molar-refractivity contribution in [3.05, 3.63) is 35.2 Å². The molecule has 0 radical (unpaired) electrons. The Hall–Kier alpha value is -2.70. The van der Waals surface area contributed by atoms with Crippen molar-refractivity contribution in [2.24, 2.45) is 0 Å². The molecule has 3 aromatic rings. The van der Waals surface area contributed by atoms with Gasteiger partial charge < -0.3 is 4.74 Å². The van der Waals surface area contributed by atoms with Gasteiger partial charge in [-0.3, -0.25) is 4.98 Å². The Morgan fingerprint density at radius 2 is 2.29 bits per heavy atom. The molecule has 0 atom stereocenters. The van der Waals surface area contributed by atoms with Crippen LogP contribution < -0.4 is 0 Å². The molecule has 0 saturated heterocycles. The van der Waals surface area contributed by atoms with E-state index in [0.29, 0.717) is 17.4 Å². The predicted molar refractivity (Wildman–Crippen MR) is 73.5 cm³/mol. The van der Waals surface area contributed by atoms with Gasteiger partial charge >= 0.3 is 0 Å². The Labute approximate surface area is 123 Å². The molecule has 0 N–H and O–H groups in total. The summed E-state index contributed by atoms with van der Waals surface area (Å²) in [5.41, 5.74) is 1.50. The van der Waals surface area contributed by atoms with Crippen molar-refractivity contribution in [3.8, 4) is 22.5 Å². The van der Waals surface area contributed by atoms with Crippen LogP contribution in [0, 0.1) is 11.3 Å². The van der Waals surface area contributed by atoms with Crippen LogP contribution in [-0.4, -0.2) is 37.3 Å². The van der Waals surface area contributed by atoms with Gasteiger partial charge in [0.25, 0.3) is 0 Å². The minimum atomic E-state index is 0.214. The molecule has 0 fully saturated rings. The lowest BCUT2D eigenvalue weighted by Crippen LogP contribution is -1.99. The average molecular weight is 299 g/mol. The lowest BCUT2D eigenvalue weighted by atomic mass is 10.2. The molecule has 0 bridgehead atoms. The predicted octanol–water partition coefficient (Wildman–Crippen LogP) is 1.20. The highest BCUT2D eigenvalue weighted by atomic mass is 32.1. The van der Waals surface area contributed by atoms with Crippen LogP contribution in [0.4, 0.5) is 0 Å². The molecular weight excluding hydrogens is 290 g/mol. The average Bonchev–Trinajstić information content (AvgIpc) is 3.14. The number of nitriles is 1. The van der Waals surface area contributed by atoms with E-state index in [1.807, 2.05) is 12.1 Å². The standard InChI is InChI=1S/C12H9N7OS/c1-20-7-10-16-17-12(21-10)19-11(9(5-13)15-18-19)8-3-2-4-14-6-8/h2-4,6H,7H2,1H3. The minimum absolute atomic E-state index is 0.214. The van der Waals surface area contributed by atoms with Crippen LogP contribution in [0.3, 0.4) is 0 Å². The van der Waals surface area contributed by atoms with Gasteiger partial charge in [0.15, 0.2) is 5.69 Å². The number of hydrogen-bond acceptors (Lipinski definition) is 8. The van der Waals surface area contributed by atoms with Crippen molar-refractivity contribution in [3.63, 3.8) is 0 Å². The zero-order valence-corrected chi connectivity index (χ0v) is 11.8. The number of methoxy groups -OCH3 is 1. The third-order valence-electron chi connectivity index (χ3n) is 2.62. The number of aromatic nitrogens is 6. The second-order valence-electron chi connectivity index (χ2n) is 3.96. The molecule has 3 heterocycles. The smallest absolute Gasteiger partial charge is 0.234 e. The highest BCUT2D eigenvalue weighted by Gasteiger charge is 2.19. The van der Waals surface area contributed by atoms with Crippen molar-refractivity contribution in [2.45, 2.75) is 6.61 Å². The molecule has 0 aliphatic rings. The summed E-state index contributed by atoms with van der Waals surface area (Å²) in [6, 6.07) is 5.64. The lowest BCUT2D eigenvalue weighted by molar-refractivity contribution is 0.184. The van der Waals surface area contributed by atoms with Crippen molar-refractivity contribution in [1.82, 2.24) is 30.2 Å².